The Morgan fingerprint density at radius 2 is 1.96 bits per heavy atom. The first-order valence-corrected chi connectivity index (χ1v) is 9.37. The van der Waals surface area contributed by atoms with Crippen molar-refractivity contribution in [3.63, 3.8) is 0 Å². The number of hydrogen-bond donors (Lipinski definition) is 0. The fraction of sp³-hybridized carbons (Fsp3) is 0.524. The van der Waals surface area contributed by atoms with E-state index in [0.29, 0.717) is 23.4 Å². The highest BCUT2D eigenvalue weighted by molar-refractivity contribution is 5.92. The van der Waals surface area contributed by atoms with E-state index >= 15 is 0 Å². The molecule has 2 heterocycles. The van der Waals surface area contributed by atoms with Gasteiger partial charge in [0.2, 0.25) is 0 Å². The summed E-state index contributed by atoms with van der Waals surface area (Å²) < 4.78 is 5.50. The molecule has 6 heteroatoms. The third kappa shape index (κ3) is 4.54. The molecule has 27 heavy (non-hydrogen) atoms. The minimum absolute atomic E-state index is 0.147. The van der Waals surface area contributed by atoms with Crippen LogP contribution in [0.5, 0.6) is 0 Å². The summed E-state index contributed by atoms with van der Waals surface area (Å²) in [5, 5.41) is 9.33. The molecule has 0 amide bonds. The average Bonchev–Trinajstić information content (AvgIpc) is 2.58. The summed E-state index contributed by atoms with van der Waals surface area (Å²) >= 11 is 0. The first-order chi connectivity index (χ1) is 12.8. The number of fused-ring (bicyclic) bond motifs is 1. The average molecular weight is 366 g/mol. The number of rotatable bonds is 3. The molecule has 3 rings (SSSR count). The molecule has 1 fully saturated rings. The molecule has 0 spiro atoms. The van der Waals surface area contributed by atoms with Crippen molar-refractivity contribution in [1.82, 2.24) is 9.97 Å². The molecule has 142 valence electrons. The predicted molar refractivity (Wildman–Crippen MR) is 104 cm³/mol. The first kappa shape index (κ1) is 19.1. The van der Waals surface area contributed by atoms with Crippen LogP contribution in [-0.2, 0) is 9.53 Å². The number of hydrogen-bond acceptors (Lipinski definition) is 6. The molecule has 1 aliphatic heterocycles. The number of nitrogens with zero attached hydrogens (tertiary/aromatic N) is 4. The summed E-state index contributed by atoms with van der Waals surface area (Å²) in [4.78, 5) is 23.4. The van der Waals surface area contributed by atoms with Gasteiger partial charge in [-0.05, 0) is 51.2 Å². The minimum atomic E-state index is -0.462. The maximum absolute atomic E-state index is 12.3. The van der Waals surface area contributed by atoms with Crippen LogP contribution < -0.4 is 4.90 Å². The highest BCUT2D eigenvalue weighted by Crippen LogP contribution is 2.33. The monoisotopic (exact) mass is 366 g/mol. The highest BCUT2D eigenvalue weighted by atomic mass is 16.6. The normalized spacial score (nSPS) is 20.3. The van der Waals surface area contributed by atoms with Crippen molar-refractivity contribution in [1.29, 1.82) is 5.26 Å². The Bertz CT molecular complexity index is 882. The van der Waals surface area contributed by atoms with Crippen molar-refractivity contribution < 1.29 is 9.53 Å². The second kappa shape index (κ2) is 7.51. The van der Waals surface area contributed by atoms with E-state index < -0.39 is 5.60 Å². The lowest BCUT2D eigenvalue weighted by atomic mass is 9.87. The number of esters is 1. The van der Waals surface area contributed by atoms with Gasteiger partial charge >= 0.3 is 5.97 Å². The molecule has 0 saturated carbocycles. The summed E-state index contributed by atoms with van der Waals surface area (Å²) in [5.41, 5.74) is 2.40. The predicted octanol–water partition coefficient (Wildman–Crippen LogP) is 3.70. The molecule has 1 aromatic heterocycles. The molecule has 2 unspecified atom stereocenters. The number of anilines is 1. The van der Waals surface area contributed by atoms with Gasteiger partial charge in [0.05, 0.1) is 17.7 Å². The lowest BCUT2D eigenvalue weighted by Crippen LogP contribution is -2.41. The Kier molecular flexibility index (Phi) is 5.31. The zero-order chi connectivity index (χ0) is 19.6. The van der Waals surface area contributed by atoms with Gasteiger partial charge in [0.15, 0.2) is 0 Å². The topological polar surface area (TPSA) is 79.1 Å². The molecule has 2 atom stereocenters. The van der Waals surface area contributed by atoms with Gasteiger partial charge in [-0.2, -0.15) is 5.26 Å². The zero-order valence-corrected chi connectivity index (χ0v) is 16.4. The quantitative estimate of drug-likeness (QED) is 0.771. The molecule has 0 aliphatic carbocycles. The van der Waals surface area contributed by atoms with E-state index in [1.807, 2.05) is 26.8 Å². The van der Waals surface area contributed by atoms with Crippen LogP contribution in [0.3, 0.4) is 0 Å². The smallest absolute Gasteiger partial charge is 0.306 e. The van der Waals surface area contributed by atoms with Crippen molar-refractivity contribution in [2.45, 2.75) is 46.1 Å². The largest absolute Gasteiger partial charge is 0.460 e. The molecule has 0 radical (unpaired) electrons. The van der Waals surface area contributed by atoms with E-state index in [1.54, 1.807) is 18.5 Å². The van der Waals surface area contributed by atoms with E-state index in [2.05, 4.69) is 27.9 Å². The third-order valence-corrected chi connectivity index (χ3v) is 4.69. The van der Waals surface area contributed by atoms with Crippen molar-refractivity contribution in [3.8, 4) is 6.07 Å². The Hall–Kier alpha value is -2.68. The number of nitriles is 1. The standard InChI is InChI=1S/C21H26N4O2/c1-14-9-15(10-18(26)27-21(2,3)4)13-25(12-14)17-6-5-16(11-22)19-20(17)24-8-7-23-19/h5-8,14-15H,9-10,12-13H2,1-4H3. The molecule has 6 nitrogen and oxygen atoms in total. The summed E-state index contributed by atoms with van der Waals surface area (Å²) in [5.74, 6) is 0.533. The maximum atomic E-state index is 12.3. The number of piperidine rings is 1. The van der Waals surface area contributed by atoms with Gasteiger partial charge < -0.3 is 9.64 Å². The van der Waals surface area contributed by atoms with Gasteiger partial charge in [0.1, 0.15) is 22.7 Å². The second-order valence-electron chi connectivity index (χ2n) is 8.40. The number of carbonyl (C=O) groups is 1. The number of benzene rings is 1. The van der Waals surface area contributed by atoms with Crippen molar-refractivity contribution >= 4 is 22.7 Å². The Balaban J connectivity index is 1.84. The summed E-state index contributed by atoms with van der Waals surface area (Å²) in [6.45, 7) is 9.53. The van der Waals surface area contributed by atoms with Gasteiger partial charge in [-0.3, -0.25) is 14.8 Å². The van der Waals surface area contributed by atoms with Crippen LogP contribution in [0, 0.1) is 23.2 Å². The van der Waals surface area contributed by atoms with Crippen molar-refractivity contribution in [3.05, 3.63) is 30.1 Å². The Morgan fingerprint density at radius 1 is 1.26 bits per heavy atom. The second-order valence-corrected chi connectivity index (χ2v) is 8.40. The summed E-state index contributed by atoms with van der Waals surface area (Å²) in [7, 11) is 0. The molecule has 1 aliphatic rings. The first-order valence-electron chi connectivity index (χ1n) is 9.37. The molecular weight excluding hydrogens is 340 g/mol. The summed E-state index contributed by atoms with van der Waals surface area (Å²) in [6, 6.07) is 5.93. The van der Waals surface area contributed by atoms with Crippen LogP contribution in [0.15, 0.2) is 24.5 Å². The highest BCUT2D eigenvalue weighted by Gasteiger charge is 2.29. The minimum Gasteiger partial charge on any atom is -0.460 e. The van der Waals surface area contributed by atoms with E-state index in [0.717, 1.165) is 30.7 Å². The van der Waals surface area contributed by atoms with E-state index in [1.165, 1.54) is 0 Å². The zero-order valence-electron chi connectivity index (χ0n) is 16.4. The Labute approximate surface area is 160 Å². The van der Waals surface area contributed by atoms with Crippen molar-refractivity contribution in [2.75, 3.05) is 18.0 Å². The molecular formula is C21H26N4O2. The van der Waals surface area contributed by atoms with Gasteiger partial charge in [-0.1, -0.05) is 6.92 Å². The molecule has 2 aromatic rings. The van der Waals surface area contributed by atoms with Crippen LogP contribution in [0.4, 0.5) is 5.69 Å². The van der Waals surface area contributed by atoms with E-state index in [9.17, 15) is 10.1 Å². The third-order valence-electron chi connectivity index (χ3n) is 4.69. The molecule has 1 aromatic carbocycles. The van der Waals surface area contributed by atoms with E-state index in [4.69, 9.17) is 4.74 Å². The lowest BCUT2D eigenvalue weighted by Gasteiger charge is -2.38. The van der Waals surface area contributed by atoms with Crippen LogP contribution in [0.25, 0.3) is 11.0 Å². The van der Waals surface area contributed by atoms with Crippen LogP contribution >= 0.6 is 0 Å². The van der Waals surface area contributed by atoms with Gasteiger partial charge in [0.25, 0.3) is 0 Å². The van der Waals surface area contributed by atoms with Crippen LogP contribution in [0.2, 0.25) is 0 Å². The van der Waals surface area contributed by atoms with Crippen molar-refractivity contribution in [2.24, 2.45) is 11.8 Å². The SMILES string of the molecule is CC1CC(CC(=O)OC(C)(C)C)CN(c2ccc(C#N)c3nccnc23)C1. The van der Waals surface area contributed by atoms with Gasteiger partial charge in [-0.25, -0.2) is 0 Å². The lowest BCUT2D eigenvalue weighted by molar-refractivity contribution is -0.156. The molecule has 0 N–H and O–H groups in total. The molecule has 0 bridgehead atoms. The van der Waals surface area contributed by atoms with Crippen LogP contribution in [-0.4, -0.2) is 34.6 Å². The van der Waals surface area contributed by atoms with E-state index in [-0.39, 0.29) is 11.9 Å². The van der Waals surface area contributed by atoms with Crippen LogP contribution in [0.1, 0.15) is 46.1 Å². The fourth-order valence-corrected chi connectivity index (χ4v) is 3.83. The van der Waals surface area contributed by atoms with Gasteiger partial charge in [-0.15, -0.1) is 0 Å². The number of carbonyl (C=O) groups excluding carboxylic acids is 1. The maximum Gasteiger partial charge on any atom is 0.306 e. The summed E-state index contributed by atoms with van der Waals surface area (Å²) in [6.07, 6.45) is 4.67. The number of aromatic nitrogens is 2. The number of ether oxygens (including phenoxy) is 1. The fourth-order valence-electron chi connectivity index (χ4n) is 3.83. The Morgan fingerprint density at radius 3 is 2.63 bits per heavy atom. The van der Waals surface area contributed by atoms with Gasteiger partial charge in [0, 0.05) is 25.5 Å². The molecule has 1 saturated heterocycles.